The highest BCUT2D eigenvalue weighted by molar-refractivity contribution is 6.32. The van der Waals surface area contributed by atoms with Crippen LogP contribution in [0.15, 0.2) is 48.5 Å². The number of rotatable bonds is 8. The number of nitro benzene ring substituents is 1. The molecule has 0 aliphatic heterocycles. The van der Waals surface area contributed by atoms with Crippen molar-refractivity contribution in [3.8, 4) is 0 Å². The number of methoxy groups -OCH3 is 1. The second-order valence-corrected chi connectivity index (χ2v) is 6.19. The van der Waals surface area contributed by atoms with Crippen molar-refractivity contribution in [3.63, 3.8) is 0 Å². The van der Waals surface area contributed by atoms with Crippen LogP contribution in [0.5, 0.6) is 0 Å². The van der Waals surface area contributed by atoms with E-state index in [1.807, 2.05) is 37.3 Å². The number of amides is 1. The number of hydrogen-bond acceptors (Lipinski definition) is 5. The Kier molecular flexibility index (Phi) is 7.08. The summed E-state index contributed by atoms with van der Waals surface area (Å²) in [4.78, 5) is 23.2. The maximum Gasteiger partial charge on any atom is 0.289 e. The summed E-state index contributed by atoms with van der Waals surface area (Å²) in [6.07, 6.45) is 0. The standard InChI is InChI=1S/C18H20ClN3O4/c1-12(11-26-2)20-17(13-6-4-3-5-7-13)18(23)21-14-8-9-15(19)16(10-14)22(24)25/h3-10,12,17,20H,11H2,1-2H3,(H,21,23)/t12-,17+/m1/s1. The Morgan fingerprint density at radius 3 is 2.58 bits per heavy atom. The largest absolute Gasteiger partial charge is 0.383 e. The number of halogens is 1. The summed E-state index contributed by atoms with van der Waals surface area (Å²) in [6, 6.07) is 12.6. The molecule has 0 bridgehead atoms. The summed E-state index contributed by atoms with van der Waals surface area (Å²) in [7, 11) is 1.59. The number of nitro groups is 1. The Bertz CT molecular complexity index is 770. The molecule has 0 aliphatic carbocycles. The van der Waals surface area contributed by atoms with Crippen LogP contribution in [0.4, 0.5) is 11.4 Å². The molecule has 0 fully saturated rings. The highest BCUT2D eigenvalue weighted by Crippen LogP contribution is 2.28. The average Bonchev–Trinajstić information content (AvgIpc) is 2.62. The molecule has 0 aromatic heterocycles. The molecule has 0 aliphatic rings. The van der Waals surface area contributed by atoms with Gasteiger partial charge >= 0.3 is 0 Å². The van der Waals surface area contributed by atoms with Crippen molar-refractivity contribution < 1.29 is 14.5 Å². The van der Waals surface area contributed by atoms with Crippen LogP contribution in [0, 0.1) is 10.1 Å². The lowest BCUT2D eigenvalue weighted by molar-refractivity contribution is -0.384. The van der Waals surface area contributed by atoms with E-state index >= 15 is 0 Å². The predicted molar refractivity (Wildman–Crippen MR) is 100 cm³/mol. The van der Waals surface area contributed by atoms with E-state index in [0.29, 0.717) is 12.3 Å². The average molecular weight is 378 g/mol. The molecule has 1 amide bonds. The number of carbonyl (C=O) groups excluding carboxylic acids is 1. The molecule has 7 nitrogen and oxygen atoms in total. The molecule has 0 saturated heterocycles. The normalized spacial score (nSPS) is 13.0. The van der Waals surface area contributed by atoms with Crippen LogP contribution in [-0.2, 0) is 9.53 Å². The summed E-state index contributed by atoms with van der Waals surface area (Å²) in [5.74, 6) is -0.337. The van der Waals surface area contributed by atoms with Gasteiger partial charge in [-0.3, -0.25) is 20.2 Å². The van der Waals surface area contributed by atoms with Crippen LogP contribution in [0.2, 0.25) is 5.02 Å². The lowest BCUT2D eigenvalue weighted by Gasteiger charge is -2.23. The van der Waals surface area contributed by atoms with E-state index in [0.717, 1.165) is 5.56 Å². The molecular formula is C18H20ClN3O4. The van der Waals surface area contributed by atoms with Crippen molar-refractivity contribution in [1.82, 2.24) is 5.32 Å². The molecule has 0 heterocycles. The third kappa shape index (κ3) is 5.26. The quantitative estimate of drug-likeness (QED) is 0.542. The molecule has 2 N–H and O–H groups in total. The van der Waals surface area contributed by atoms with Crippen LogP contribution < -0.4 is 10.6 Å². The molecule has 8 heteroatoms. The fourth-order valence-electron chi connectivity index (χ4n) is 2.50. The fourth-order valence-corrected chi connectivity index (χ4v) is 2.68. The summed E-state index contributed by atoms with van der Waals surface area (Å²) >= 11 is 5.81. The van der Waals surface area contributed by atoms with Gasteiger partial charge in [0.05, 0.1) is 11.5 Å². The minimum Gasteiger partial charge on any atom is -0.383 e. The molecule has 0 radical (unpaired) electrons. The monoisotopic (exact) mass is 377 g/mol. The first kappa shape index (κ1) is 19.8. The zero-order chi connectivity index (χ0) is 19.1. The maximum absolute atomic E-state index is 12.8. The minimum absolute atomic E-state index is 0.0134. The smallest absolute Gasteiger partial charge is 0.289 e. The summed E-state index contributed by atoms with van der Waals surface area (Å²) in [5.41, 5.74) is 0.811. The van der Waals surface area contributed by atoms with E-state index in [2.05, 4.69) is 10.6 Å². The SMILES string of the molecule is COC[C@@H](C)N[C@H](C(=O)Nc1ccc(Cl)c([N+](=O)[O-])c1)c1ccccc1. The maximum atomic E-state index is 12.8. The second kappa shape index (κ2) is 9.28. The Labute approximate surface area is 156 Å². The molecule has 26 heavy (non-hydrogen) atoms. The first-order valence-electron chi connectivity index (χ1n) is 7.97. The number of nitrogens with one attached hydrogen (secondary N) is 2. The molecule has 0 spiro atoms. The molecule has 2 atom stereocenters. The van der Waals surface area contributed by atoms with Gasteiger partial charge < -0.3 is 10.1 Å². The summed E-state index contributed by atoms with van der Waals surface area (Å²) in [6.45, 7) is 2.34. The van der Waals surface area contributed by atoms with Crippen molar-refractivity contribution in [2.75, 3.05) is 19.0 Å². The molecule has 2 rings (SSSR count). The molecular weight excluding hydrogens is 358 g/mol. The van der Waals surface area contributed by atoms with Gasteiger partial charge in [-0.2, -0.15) is 0 Å². The number of carbonyl (C=O) groups is 1. The van der Waals surface area contributed by atoms with Crippen LogP contribution in [0.25, 0.3) is 0 Å². The summed E-state index contributed by atoms with van der Waals surface area (Å²) < 4.78 is 5.11. The predicted octanol–water partition coefficient (Wildman–Crippen LogP) is 3.55. The van der Waals surface area contributed by atoms with E-state index in [1.165, 1.54) is 18.2 Å². The fraction of sp³-hybridized carbons (Fsp3) is 0.278. The molecule has 138 valence electrons. The van der Waals surface area contributed by atoms with Crippen molar-refractivity contribution in [2.45, 2.75) is 19.0 Å². The van der Waals surface area contributed by atoms with E-state index < -0.39 is 11.0 Å². The topological polar surface area (TPSA) is 93.5 Å². The van der Waals surface area contributed by atoms with Crippen LogP contribution in [0.1, 0.15) is 18.5 Å². The van der Waals surface area contributed by atoms with Crippen LogP contribution >= 0.6 is 11.6 Å². The van der Waals surface area contributed by atoms with Gasteiger partial charge in [0, 0.05) is 24.9 Å². The first-order chi connectivity index (χ1) is 12.4. The third-order valence-corrected chi connectivity index (χ3v) is 3.99. The second-order valence-electron chi connectivity index (χ2n) is 5.78. The molecule has 2 aromatic carbocycles. The Morgan fingerprint density at radius 2 is 1.96 bits per heavy atom. The number of ether oxygens (including phenoxy) is 1. The van der Waals surface area contributed by atoms with Gasteiger partial charge in [-0.05, 0) is 24.6 Å². The van der Waals surface area contributed by atoms with Gasteiger partial charge in [0.15, 0.2) is 0 Å². The lowest BCUT2D eigenvalue weighted by atomic mass is 10.0. The van der Waals surface area contributed by atoms with E-state index in [9.17, 15) is 14.9 Å². The summed E-state index contributed by atoms with van der Waals surface area (Å²) in [5, 5.41) is 16.9. The van der Waals surface area contributed by atoms with Gasteiger partial charge in [-0.15, -0.1) is 0 Å². The third-order valence-electron chi connectivity index (χ3n) is 3.67. The lowest BCUT2D eigenvalue weighted by Crippen LogP contribution is -2.40. The zero-order valence-electron chi connectivity index (χ0n) is 14.4. The van der Waals surface area contributed by atoms with Crippen molar-refractivity contribution in [1.29, 1.82) is 0 Å². The van der Waals surface area contributed by atoms with Crippen LogP contribution in [0.3, 0.4) is 0 Å². The van der Waals surface area contributed by atoms with Gasteiger partial charge in [0.1, 0.15) is 11.1 Å². The number of nitrogens with zero attached hydrogens (tertiary/aromatic N) is 1. The minimum atomic E-state index is -0.643. The number of hydrogen-bond donors (Lipinski definition) is 2. The number of benzene rings is 2. The van der Waals surface area contributed by atoms with Crippen molar-refractivity contribution in [3.05, 3.63) is 69.2 Å². The van der Waals surface area contributed by atoms with E-state index in [-0.39, 0.29) is 22.7 Å². The Balaban J connectivity index is 2.23. The van der Waals surface area contributed by atoms with Gasteiger partial charge in [-0.25, -0.2) is 0 Å². The Hall–Kier alpha value is -2.48. The van der Waals surface area contributed by atoms with Crippen molar-refractivity contribution in [2.24, 2.45) is 0 Å². The first-order valence-corrected chi connectivity index (χ1v) is 8.35. The van der Waals surface area contributed by atoms with Crippen molar-refractivity contribution >= 4 is 28.9 Å². The van der Waals surface area contributed by atoms with Gasteiger partial charge in [0.25, 0.3) is 5.69 Å². The molecule has 0 saturated carbocycles. The number of anilines is 1. The zero-order valence-corrected chi connectivity index (χ0v) is 15.2. The molecule has 2 aromatic rings. The highest BCUT2D eigenvalue weighted by atomic mass is 35.5. The van der Waals surface area contributed by atoms with E-state index in [1.54, 1.807) is 7.11 Å². The molecule has 0 unspecified atom stereocenters. The Morgan fingerprint density at radius 1 is 1.27 bits per heavy atom. The van der Waals surface area contributed by atoms with E-state index in [4.69, 9.17) is 16.3 Å². The van der Waals surface area contributed by atoms with Gasteiger partial charge in [-0.1, -0.05) is 41.9 Å². The van der Waals surface area contributed by atoms with Gasteiger partial charge in [0.2, 0.25) is 5.91 Å². The van der Waals surface area contributed by atoms with Crippen LogP contribution in [-0.4, -0.2) is 30.6 Å². The highest BCUT2D eigenvalue weighted by Gasteiger charge is 2.23.